The third kappa shape index (κ3) is 11.7. The minimum absolute atomic E-state index is 0.280. The van der Waals surface area contributed by atoms with Gasteiger partial charge in [-0.2, -0.15) is 0 Å². The van der Waals surface area contributed by atoms with Gasteiger partial charge in [-0.3, -0.25) is 19.2 Å². The highest BCUT2D eigenvalue weighted by molar-refractivity contribution is 5.78. The predicted molar refractivity (Wildman–Crippen MR) is 163 cm³/mol. The molecule has 0 unspecified atom stereocenters. The minimum atomic E-state index is -1.40. The second-order valence-electron chi connectivity index (χ2n) is 15.6. The molecule has 1 heterocycles. The molecule has 0 bridgehead atoms. The highest BCUT2D eigenvalue weighted by Gasteiger charge is 2.55. The summed E-state index contributed by atoms with van der Waals surface area (Å²) < 4.78 is 35.5. The van der Waals surface area contributed by atoms with Gasteiger partial charge in [0.2, 0.25) is 12.4 Å². The molecule has 0 radical (unpaired) electrons. The van der Waals surface area contributed by atoms with Gasteiger partial charge in [0.05, 0.1) is 34.0 Å². The maximum absolute atomic E-state index is 13.3. The van der Waals surface area contributed by atoms with E-state index in [0.717, 1.165) is 0 Å². The number of esters is 4. The molecule has 1 N–H and O–H groups in total. The van der Waals surface area contributed by atoms with Crippen LogP contribution in [0.25, 0.3) is 0 Å². The Balaban J connectivity index is 3.76. The smallest absolute Gasteiger partial charge is 0.311 e. The van der Waals surface area contributed by atoms with Gasteiger partial charge >= 0.3 is 23.9 Å². The van der Waals surface area contributed by atoms with Crippen molar-refractivity contribution in [1.82, 2.24) is 0 Å². The maximum Gasteiger partial charge on any atom is 0.311 e. The number of carbonyl (C=O) groups excluding carboxylic acids is 4. The molecule has 0 aromatic carbocycles. The topological polar surface area (TPSA) is 144 Å². The summed E-state index contributed by atoms with van der Waals surface area (Å²) in [7, 11) is 0. The van der Waals surface area contributed by atoms with Crippen molar-refractivity contribution in [2.24, 2.45) is 27.6 Å². The standard InChI is InChI=1S/C33H56O11/c1-15-20(34)19(2)16-17-39-25-24(44-29(38)33(12,13)14)23(43-28(37)32(9,10)11)22(42-27(36)31(6,7)8)21(41-25)18-40-26(35)30(3,4)5/h16-17,19-25,34H,15,18H2,1-14H3/b17-16-/t19-,20-,21+,22+,23-,24+,25-/m0/s1. The van der Waals surface area contributed by atoms with E-state index in [1.165, 1.54) is 6.26 Å². The van der Waals surface area contributed by atoms with Crippen LogP contribution in [0.15, 0.2) is 12.3 Å². The van der Waals surface area contributed by atoms with Crippen LogP contribution in [0.1, 0.15) is 103 Å². The molecule has 1 aliphatic rings. The quantitative estimate of drug-likeness (QED) is 0.196. The Morgan fingerprint density at radius 2 is 1.11 bits per heavy atom. The molecule has 11 nitrogen and oxygen atoms in total. The normalized spacial score (nSPS) is 24.7. The molecule has 0 spiro atoms. The predicted octanol–water partition coefficient (Wildman–Crippen LogP) is 5.11. The summed E-state index contributed by atoms with van der Waals surface area (Å²) in [5.74, 6) is -2.76. The molecule has 44 heavy (non-hydrogen) atoms. The maximum atomic E-state index is 13.3. The summed E-state index contributed by atoms with van der Waals surface area (Å²) in [6.45, 7) is 23.2. The Morgan fingerprint density at radius 3 is 1.52 bits per heavy atom. The van der Waals surface area contributed by atoms with Gasteiger partial charge in [0.1, 0.15) is 12.7 Å². The second kappa shape index (κ2) is 15.1. The van der Waals surface area contributed by atoms with E-state index < -0.39 is 82.3 Å². The first-order chi connectivity index (χ1) is 19.8. The van der Waals surface area contributed by atoms with Gasteiger partial charge in [-0.25, -0.2) is 0 Å². The number of aliphatic hydroxyl groups is 1. The Bertz CT molecular complexity index is 1020. The van der Waals surface area contributed by atoms with Crippen molar-refractivity contribution >= 4 is 23.9 Å². The van der Waals surface area contributed by atoms with Crippen LogP contribution in [-0.2, 0) is 47.6 Å². The first-order valence-corrected chi connectivity index (χ1v) is 15.3. The van der Waals surface area contributed by atoms with E-state index in [9.17, 15) is 24.3 Å². The van der Waals surface area contributed by atoms with E-state index in [4.69, 9.17) is 28.4 Å². The van der Waals surface area contributed by atoms with E-state index in [-0.39, 0.29) is 12.5 Å². The van der Waals surface area contributed by atoms with Crippen molar-refractivity contribution in [3.63, 3.8) is 0 Å². The van der Waals surface area contributed by atoms with E-state index in [2.05, 4.69) is 0 Å². The molecule has 7 atom stereocenters. The van der Waals surface area contributed by atoms with E-state index >= 15 is 0 Å². The van der Waals surface area contributed by atoms with Gasteiger partial charge in [0, 0.05) is 5.92 Å². The van der Waals surface area contributed by atoms with Crippen molar-refractivity contribution in [2.45, 2.75) is 140 Å². The zero-order valence-electron chi connectivity index (χ0n) is 29.1. The first kappa shape index (κ1) is 39.4. The lowest BCUT2D eigenvalue weighted by Gasteiger charge is -2.45. The lowest BCUT2D eigenvalue weighted by atomic mass is 9.93. The van der Waals surface area contributed by atoms with Crippen LogP contribution in [0, 0.1) is 27.6 Å². The van der Waals surface area contributed by atoms with Crippen LogP contribution in [0.2, 0.25) is 0 Å². The Kier molecular flexibility index (Phi) is 13.5. The van der Waals surface area contributed by atoms with Crippen LogP contribution < -0.4 is 0 Å². The molecule has 1 saturated heterocycles. The van der Waals surface area contributed by atoms with E-state index in [1.807, 2.05) is 6.92 Å². The summed E-state index contributed by atoms with van der Waals surface area (Å²) >= 11 is 0. The fraction of sp³-hybridized carbons (Fsp3) is 0.818. The molecule has 11 heteroatoms. The largest absolute Gasteiger partial charge is 0.469 e. The first-order valence-electron chi connectivity index (χ1n) is 15.3. The van der Waals surface area contributed by atoms with Crippen molar-refractivity contribution in [3.05, 3.63) is 12.3 Å². The summed E-state index contributed by atoms with van der Waals surface area (Å²) in [6.07, 6.45) is -3.85. The lowest BCUT2D eigenvalue weighted by molar-refractivity contribution is -0.301. The highest BCUT2D eigenvalue weighted by Crippen LogP contribution is 2.34. The molecule has 1 rings (SSSR count). The van der Waals surface area contributed by atoms with Crippen molar-refractivity contribution in [1.29, 1.82) is 0 Å². The van der Waals surface area contributed by atoms with Crippen LogP contribution >= 0.6 is 0 Å². The molecule has 0 amide bonds. The van der Waals surface area contributed by atoms with E-state index in [0.29, 0.717) is 6.42 Å². The fourth-order valence-electron chi connectivity index (χ4n) is 3.55. The minimum Gasteiger partial charge on any atom is -0.469 e. The second-order valence-corrected chi connectivity index (χ2v) is 15.6. The summed E-state index contributed by atoms with van der Waals surface area (Å²) in [4.78, 5) is 52.4. The van der Waals surface area contributed by atoms with Crippen LogP contribution in [0.4, 0.5) is 0 Å². The van der Waals surface area contributed by atoms with Gasteiger partial charge in [-0.1, -0.05) is 13.8 Å². The molecule has 0 saturated carbocycles. The van der Waals surface area contributed by atoms with Gasteiger partial charge < -0.3 is 33.5 Å². The summed E-state index contributed by atoms with van der Waals surface area (Å²) in [6, 6.07) is 0. The average Bonchev–Trinajstić information content (AvgIpc) is 2.87. The molecule has 0 aromatic heterocycles. The van der Waals surface area contributed by atoms with Crippen molar-refractivity contribution < 1.29 is 52.7 Å². The third-order valence-electron chi connectivity index (χ3n) is 6.77. The van der Waals surface area contributed by atoms with Crippen molar-refractivity contribution in [3.8, 4) is 0 Å². The van der Waals surface area contributed by atoms with Crippen LogP contribution in [0.5, 0.6) is 0 Å². The average molecular weight is 629 g/mol. The number of ether oxygens (including phenoxy) is 6. The molecule has 254 valence electrons. The molecular formula is C33H56O11. The monoisotopic (exact) mass is 628 g/mol. The zero-order valence-corrected chi connectivity index (χ0v) is 29.1. The Hall–Kier alpha value is -2.66. The molecule has 1 aliphatic heterocycles. The lowest BCUT2D eigenvalue weighted by Crippen LogP contribution is -2.64. The Labute approximate surface area is 263 Å². The van der Waals surface area contributed by atoms with E-state index in [1.54, 1.807) is 96.1 Å². The molecule has 0 aromatic rings. The van der Waals surface area contributed by atoms with Crippen LogP contribution in [-0.4, -0.2) is 72.4 Å². The summed E-state index contributed by atoms with van der Waals surface area (Å²) in [5.41, 5.74) is -3.75. The molecule has 1 fully saturated rings. The Morgan fingerprint density at radius 1 is 0.705 bits per heavy atom. The number of carbonyl (C=O) groups is 4. The number of rotatable bonds is 10. The van der Waals surface area contributed by atoms with Crippen molar-refractivity contribution in [2.75, 3.05) is 6.61 Å². The van der Waals surface area contributed by atoms with Crippen LogP contribution in [0.3, 0.4) is 0 Å². The number of aliphatic hydroxyl groups excluding tert-OH is 1. The fourth-order valence-corrected chi connectivity index (χ4v) is 3.55. The van der Waals surface area contributed by atoms with Gasteiger partial charge in [-0.05, 0) is 95.6 Å². The number of hydrogen-bond acceptors (Lipinski definition) is 11. The SMILES string of the molecule is CC[C@H](O)[C@@H](C)/C=C\O[C@H]1O[C@H](COC(=O)C(C)(C)C)[C@@H](OC(=O)C(C)(C)C)[C@H](OC(=O)C(C)(C)C)[C@H]1OC(=O)C(C)(C)C. The van der Waals surface area contributed by atoms with Gasteiger partial charge in [0.15, 0.2) is 12.2 Å². The zero-order chi connectivity index (χ0) is 34.4. The molecule has 0 aliphatic carbocycles. The van der Waals surface area contributed by atoms with Gasteiger partial charge in [-0.15, -0.1) is 0 Å². The third-order valence-corrected chi connectivity index (χ3v) is 6.77. The molecular weight excluding hydrogens is 572 g/mol. The highest BCUT2D eigenvalue weighted by atomic mass is 16.7. The summed E-state index contributed by atoms with van der Waals surface area (Å²) in [5, 5.41) is 10.2. The number of hydrogen-bond donors (Lipinski definition) is 1. The van der Waals surface area contributed by atoms with Gasteiger partial charge in [0.25, 0.3) is 0 Å².